The fraction of sp³-hybridized carbons (Fsp3) is 0.333. The Labute approximate surface area is 135 Å². The third-order valence-electron chi connectivity index (χ3n) is 3.07. The van der Waals surface area contributed by atoms with Gasteiger partial charge in [-0.3, -0.25) is 0 Å². The highest BCUT2D eigenvalue weighted by Gasteiger charge is 2.06. The van der Waals surface area contributed by atoms with E-state index in [1.807, 2.05) is 42.5 Å². The van der Waals surface area contributed by atoms with Crippen molar-refractivity contribution in [3.8, 4) is 17.2 Å². The molecule has 0 radical (unpaired) electrons. The standard InChI is InChI=1S/C18H21BrO2/c1-2-7-15-14-17(21-16-8-4-3-5-9-16)10-11-18(15)20-13-6-12-19/h3-5,8-11,14H,2,6-7,12-13H2,1H3. The molecule has 2 nitrogen and oxygen atoms in total. The molecular weight excluding hydrogens is 328 g/mol. The normalized spacial score (nSPS) is 10.4. The van der Waals surface area contributed by atoms with E-state index in [4.69, 9.17) is 9.47 Å². The van der Waals surface area contributed by atoms with Crippen LogP contribution in [-0.4, -0.2) is 11.9 Å². The molecule has 2 rings (SSSR count). The maximum Gasteiger partial charge on any atom is 0.127 e. The first kappa shape index (κ1) is 15.9. The Bertz CT molecular complexity index is 540. The zero-order chi connectivity index (χ0) is 14.9. The van der Waals surface area contributed by atoms with Crippen LogP contribution in [0.15, 0.2) is 48.5 Å². The van der Waals surface area contributed by atoms with Gasteiger partial charge >= 0.3 is 0 Å². The predicted molar refractivity (Wildman–Crippen MR) is 90.9 cm³/mol. The van der Waals surface area contributed by atoms with Crippen LogP contribution in [0, 0.1) is 0 Å². The average molecular weight is 349 g/mol. The number of rotatable bonds is 8. The predicted octanol–water partition coefficient (Wildman–Crippen LogP) is 5.60. The van der Waals surface area contributed by atoms with Gasteiger partial charge < -0.3 is 9.47 Å². The van der Waals surface area contributed by atoms with Crippen molar-refractivity contribution in [3.63, 3.8) is 0 Å². The maximum atomic E-state index is 5.88. The Kier molecular flexibility index (Phi) is 6.61. The number of ether oxygens (including phenoxy) is 2. The SMILES string of the molecule is CCCc1cc(Oc2ccccc2)ccc1OCCCBr. The second-order valence-corrected chi connectivity index (χ2v) is 5.62. The summed E-state index contributed by atoms with van der Waals surface area (Å²) in [5.74, 6) is 2.68. The van der Waals surface area contributed by atoms with Crippen molar-refractivity contribution < 1.29 is 9.47 Å². The molecule has 0 fully saturated rings. The van der Waals surface area contributed by atoms with Gasteiger partial charge in [0.25, 0.3) is 0 Å². The Morgan fingerprint density at radius 2 is 1.81 bits per heavy atom. The summed E-state index contributed by atoms with van der Waals surface area (Å²) in [5, 5.41) is 0.964. The lowest BCUT2D eigenvalue weighted by atomic mass is 10.1. The Morgan fingerprint density at radius 1 is 1.00 bits per heavy atom. The number of halogens is 1. The van der Waals surface area contributed by atoms with Gasteiger partial charge in [-0.2, -0.15) is 0 Å². The van der Waals surface area contributed by atoms with E-state index in [0.29, 0.717) is 0 Å². The highest BCUT2D eigenvalue weighted by atomic mass is 79.9. The molecule has 0 aliphatic rings. The quantitative estimate of drug-likeness (QED) is 0.456. The highest BCUT2D eigenvalue weighted by molar-refractivity contribution is 9.09. The first-order chi connectivity index (χ1) is 10.3. The molecule has 0 bridgehead atoms. The van der Waals surface area contributed by atoms with E-state index in [0.717, 1.165) is 48.4 Å². The largest absolute Gasteiger partial charge is 0.493 e. The van der Waals surface area contributed by atoms with Gasteiger partial charge in [-0.25, -0.2) is 0 Å². The van der Waals surface area contributed by atoms with Gasteiger partial charge in [0.2, 0.25) is 0 Å². The molecule has 21 heavy (non-hydrogen) atoms. The Morgan fingerprint density at radius 3 is 2.52 bits per heavy atom. The highest BCUT2D eigenvalue weighted by Crippen LogP contribution is 2.28. The summed E-state index contributed by atoms with van der Waals surface area (Å²) in [7, 11) is 0. The summed E-state index contributed by atoms with van der Waals surface area (Å²) in [4.78, 5) is 0. The fourth-order valence-electron chi connectivity index (χ4n) is 2.09. The topological polar surface area (TPSA) is 18.5 Å². The first-order valence-electron chi connectivity index (χ1n) is 7.38. The lowest BCUT2D eigenvalue weighted by Gasteiger charge is -2.13. The van der Waals surface area contributed by atoms with Crippen LogP contribution < -0.4 is 9.47 Å². The van der Waals surface area contributed by atoms with Gasteiger partial charge in [-0.15, -0.1) is 0 Å². The van der Waals surface area contributed by atoms with Crippen molar-refractivity contribution in [2.24, 2.45) is 0 Å². The van der Waals surface area contributed by atoms with Crippen LogP contribution in [0.4, 0.5) is 0 Å². The average Bonchev–Trinajstić information content (AvgIpc) is 2.51. The third kappa shape index (κ3) is 5.09. The molecule has 112 valence electrons. The van der Waals surface area contributed by atoms with E-state index in [1.165, 1.54) is 5.56 Å². The maximum absolute atomic E-state index is 5.88. The van der Waals surface area contributed by atoms with Gasteiger partial charge in [0, 0.05) is 5.33 Å². The van der Waals surface area contributed by atoms with E-state index in [1.54, 1.807) is 0 Å². The lowest BCUT2D eigenvalue weighted by Crippen LogP contribution is -2.01. The lowest BCUT2D eigenvalue weighted by molar-refractivity contribution is 0.315. The molecule has 0 spiro atoms. The van der Waals surface area contributed by atoms with E-state index in [9.17, 15) is 0 Å². The summed E-state index contributed by atoms with van der Waals surface area (Å²) in [6.07, 6.45) is 3.09. The molecule has 0 N–H and O–H groups in total. The van der Waals surface area contributed by atoms with Crippen LogP contribution in [0.5, 0.6) is 17.2 Å². The summed E-state index contributed by atoms with van der Waals surface area (Å²) in [5.41, 5.74) is 1.21. The Balaban J connectivity index is 2.11. The van der Waals surface area contributed by atoms with E-state index >= 15 is 0 Å². The van der Waals surface area contributed by atoms with Crippen molar-refractivity contribution in [1.29, 1.82) is 0 Å². The molecule has 0 unspecified atom stereocenters. The van der Waals surface area contributed by atoms with Gasteiger partial charge in [-0.05, 0) is 48.7 Å². The number of hydrogen-bond acceptors (Lipinski definition) is 2. The van der Waals surface area contributed by atoms with Crippen molar-refractivity contribution in [3.05, 3.63) is 54.1 Å². The number of aryl methyl sites for hydroxylation is 1. The van der Waals surface area contributed by atoms with Gasteiger partial charge in [-0.1, -0.05) is 47.5 Å². The van der Waals surface area contributed by atoms with Crippen LogP contribution in [0.2, 0.25) is 0 Å². The van der Waals surface area contributed by atoms with Gasteiger partial charge in [0.05, 0.1) is 6.61 Å². The van der Waals surface area contributed by atoms with Crippen LogP contribution in [-0.2, 0) is 6.42 Å². The minimum absolute atomic E-state index is 0.737. The van der Waals surface area contributed by atoms with E-state index in [2.05, 4.69) is 28.9 Å². The summed E-state index contributed by atoms with van der Waals surface area (Å²) in [6.45, 7) is 2.91. The summed E-state index contributed by atoms with van der Waals surface area (Å²) < 4.78 is 11.7. The van der Waals surface area contributed by atoms with Crippen molar-refractivity contribution in [2.45, 2.75) is 26.2 Å². The summed E-state index contributed by atoms with van der Waals surface area (Å²) >= 11 is 3.42. The minimum atomic E-state index is 0.737. The molecule has 0 aliphatic carbocycles. The molecule has 0 saturated heterocycles. The number of alkyl halides is 1. The second kappa shape index (κ2) is 8.73. The number of benzene rings is 2. The summed E-state index contributed by atoms with van der Waals surface area (Å²) in [6, 6.07) is 15.9. The number of hydrogen-bond donors (Lipinski definition) is 0. The zero-order valence-electron chi connectivity index (χ0n) is 12.3. The van der Waals surface area contributed by atoms with E-state index in [-0.39, 0.29) is 0 Å². The monoisotopic (exact) mass is 348 g/mol. The second-order valence-electron chi connectivity index (χ2n) is 4.83. The van der Waals surface area contributed by atoms with Gasteiger partial charge in [0.15, 0.2) is 0 Å². The molecule has 0 aromatic heterocycles. The minimum Gasteiger partial charge on any atom is -0.493 e. The molecule has 0 amide bonds. The smallest absolute Gasteiger partial charge is 0.127 e. The molecule has 3 heteroatoms. The molecule has 2 aromatic carbocycles. The van der Waals surface area contributed by atoms with Crippen LogP contribution in [0.1, 0.15) is 25.3 Å². The van der Waals surface area contributed by atoms with Crippen LogP contribution in [0.25, 0.3) is 0 Å². The molecule has 0 atom stereocenters. The molecular formula is C18H21BrO2. The molecule has 0 saturated carbocycles. The van der Waals surface area contributed by atoms with E-state index < -0.39 is 0 Å². The van der Waals surface area contributed by atoms with Crippen LogP contribution >= 0.6 is 15.9 Å². The van der Waals surface area contributed by atoms with Crippen LogP contribution in [0.3, 0.4) is 0 Å². The van der Waals surface area contributed by atoms with Crippen molar-refractivity contribution >= 4 is 15.9 Å². The van der Waals surface area contributed by atoms with Crippen molar-refractivity contribution in [2.75, 3.05) is 11.9 Å². The first-order valence-corrected chi connectivity index (χ1v) is 8.50. The van der Waals surface area contributed by atoms with Gasteiger partial charge in [0.1, 0.15) is 17.2 Å². The molecule has 0 heterocycles. The molecule has 2 aromatic rings. The van der Waals surface area contributed by atoms with Crippen molar-refractivity contribution in [1.82, 2.24) is 0 Å². The number of para-hydroxylation sites is 1. The third-order valence-corrected chi connectivity index (χ3v) is 3.63. The fourth-order valence-corrected chi connectivity index (χ4v) is 2.32. The Hall–Kier alpha value is -1.48. The zero-order valence-corrected chi connectivity index (χ0v) is 13.9. The molecule has 0 aliphatic heterocycles.